The van der Waals surface area contributed by atoms with Crippen molar-refractivity contribution in [3.05, 3.63) is 0 Å². The maximum Gasteiger partial charge on any atom is 0.0431 e. The van der Waals surface area contributed by atoms with Gasteiger partial charge in [-0.25, -0.2) is 0 Å². The molecule has 0 aromatic carbocycles. The quantitative estimate of drug-likeness (QED) is 0.214. The molecule has 0 fully saturated rings. The summed E-state index contributed by atoms with van der Waals surface area (Å²) in [7, 11) is 0. The Balaban J connectivity index is 4.49. The molecule has 0 radical (unpaired) electrons. The average Bonchev–Trinajstić information content (AvgIpc) is 2.65. The lowest BCUT2D eigenvalue weighted by Gasteiger charge is -2.32. The molecule has 0 heterocycles. The molecule has 0 aliphatic carbocycles. The maximum absolute atomic E-state index is 8.98. The molecule has 0 aromatic rings. The molecule has 0 aliphatic rings. The number of aliphatic hydroxyl groups excluding tert-OH is 1. The van der Waals surface area contributed by atoms with Crippen LogP contribution in [0, 0.1) is 0 Å². The van der Waals surface area contributed by atoms with Crippen LogP contribution in [-0.4, -0.2) is 35.7 Å². The van der Waals surface area contributed by atoms with Gasteiger partial charge < -0.3 is 10.0 Å². The molecule has 0 bridgehead atoms. The minimum Gasteiger partial charge on any atom is -0.396 e. The van der Waals surface area contributed by atoms with Gasteiger partial charge >= 0.3 is 0 Å². The molecule has 2 heteroatoms. The topological polar surface area (TPSA) is 23.5 Å². The first kappa shape index (κ1) is 25.9. The molecule has 1 unspecified atom stereocenters. The zero-order valence-electron chi connectivity index (χ0n) is 18.6. The van der Waals surface area contributed by atoms with E-state index in [-0.39, 0.29) is 0 Å². The molecular weight excluding hydrogens is 318 g/mol. The van der Waals surface area contributed by atoms with E-state index in [0.29, 0.717) is 6.61 Å². The summed E-state index contributed by atoms with van der Waals surface area (Å²) in [5.41, 5.74) is 0. The van der Waals surface area contributed by atoms with E-state index in [1.165, 1.54) is 116 Å². The van der Waals surface area contributed by atoms with Crippen molar-refractivity contribution in [1.29, 1.82) is 0 Å². The Morgan fingerprint density at radius 2 is 0.962 bits per heavy atom. The minimum absolute atomic E-state index is 0.362. The maximum atomic E-state index is 8.98. The molecule has 1 atom stereocenters. The number of rotatable bonds is 21. The number of aliphatic hydroxyl groups is 1. The van der Waals surface area contributed by atoms with E-state index in [1.54, 1.807) is 0 Å². The first-order valence-electron chi connectivity index (χ1n) is 12.1. The van der Waals surface area contributed by atoms with Crippen molar-refractivity contribution in [2.45, 2.75) is 136 Å². The highest BCUT2D eigenvalue weighted by Gasteiger charge is 2.17. The van der Waals surface area contributed by atoms with Gasteiger partial charge in [0.15, 0.2) is 0 Å². The van der Waals surface area contributed by atoms with E-state index in [4.69, 9.17) is 5.11 Å². The normalized spacial score (nSPS) is 12.8. The third kappa shape index (κ3) is 16.1. The summed E-state index contributed by atoms with van der Waals surface area (Å²) in [5, 5.41) is 8.98. The van der Waals surface area contributed by atoms with Crippen molar-refractivity contribution < 1.29 is 5.11 Å². The van der Waals surface area contributed by atoms with Gasteiger partial charge in [-0.05, 0) is 45.2 Å². The van der Waals surface area contributed by atoms with Crippen LogP contribution in [0.25, 0.3) is 0 Å². The first-order chi connectivity index (χ1) is 12.8. The predicted molar refractivity (Wildman–Crippen MR) is 118 cm³/mol. The van der Waals surface area contributed by atoms with E-state index >= 15 is 0 Å². The summed E-state index contributed by atoms with van der Waals surface area (Å²) in [5.74, 6) is 0. The lowest BCUT2D eigenvalue weighted by Crippen LogP contribution is -2.37. The fourth-order valence-corrected chi connectivity index (χ4v) is 3.95. The third-order valence-corrected chi connectivity index (χ3v) is 5.70. The predicted octanol–water partition coefficient (Wildman–Crippen LogP) is 7.34. The molecule has 0 rings (SSSR count). The zero-order chi connectivity index (χ0) is 19.3. The summed E-state index contributed by atoms with van der Waals surface area (Å²) < 4.78 is 0. The molecular formula is C24H51NO. The fourth-order valence-electron chi connectivity index (χ4n) is 3.95. The highest BCUT2D eigenvalue weighted by molar-refractivity contribution is 4.73. The van der Waals surface area contributed by atoms with Crippen molar-refractivity contribution in [3.8, 4) is 0 Å². The summed E-state index contributed by atoms with van der Waals surface area (Å²) in [4.78, 5) is 2.87. The van der Waals surface area contributed by atoms with Crippen LogP contribution in [-0.2, 0) is 0 Å². The second kappa shape index (κ2) is 21.2. The molecule has 0 spiro atoms. The lowest BCUT2D eigenvalue weighted by atomic mass is 9.99. The van der Waals surface area contributed by atoms with Gasteiger partial charge in [0.1, 0.15) is 0 Å². The van der Waals surface area contributed by atoms with Crippen molar-refractivity contribution in [2.75, 3.05) is 19.7 Å². The second-order valence-corrected chi connectivity index (χ2v) is 8.23. The van der Waals surface area contributed by atoms with Gasteiger partial charge in [-0.3, -0.25) is 0 Å². The van der Waals surface area contributed by atoms with E-state index in [2.05, 4.69) is 25.7 Å². The van der Waals surface area contributed by atoms with Crippen LogP contribution in [0.5, 0.6) is 0 Å². The molecule has 0 saturated heterocycles. The molecule has 0 aromatic heterocycles. The number of nitrogens with zero attached hydrogens (tertiary/aromatic N) is 1. The van der Waals surface area contributed by atoms with Gasteiger partial charge in [0.2, 0.25) is 0 Å². The molecule has 1 N–H and O–H groups in total. The van der Waals surface area contributed by atoms with Crippen LogP contribution in [0.1, 0.15) is 130 Å². The first-order valence-corrected chi connectivity index (χ1v) is 12.1. The van der Waals surface area contributed by atoms with Gasteiger partial charge in [-0.15, -0.1) is 0 Å². The molecule has 158 valence electrons. The van der Waals surface area contributed by atoms with E-state index in [1.807, 2.05) is 0 Å². The van der Waals surface area contributed by atoms with Crippen LogP contribution in [0.4, 0.5) is 0 Å². The minimum atomic E-state index is 0.362. The Morgan fingerprint density at radius 1 is 0.538 bits per heavy atom. The number of hydrogen-bond acceptors (Lipinski definition) is 2. The number of unbranched alkanes of at least 4 members (excludes halogenated alkanes) is 11. The molecule has 26 heavy (non-hydrogen) atoms. The Morgan fingerprint density at radius 3 is 1.46 bits per heavy atom. The Hall–Kier alpha value is -0.0800. The SMILES string of the molecule is CCCCCCN(CCCCCC)C(CCCCC)CCCCCCO. The zero-order valence-corrected chi connectivity index (χ0v) is 18.6. The van der Waals surface area contributed by atoms with Crippen LogP contribution >= 0.6 is 0 Å². The summed E-state index contributed by atoms with van der Waals surface area (Å²) in [6.07, 6.45) is 22.7. The van der Waals surface area contributed by atoms with Crippen LogP contribution in [0.2, 0.25) is 0 Å². The van der Waals surface area contributed by atoms with Crippen LogP contribution in [0.15, 0.2) is 0 Å². The van der Waals surface area contributed by atoms with Gasteiger partial charge in [-0.2, -0.15) is 0 Å². The highest BCUT2D eigenvalue weighted by Crippen LogP contribution is 2.19. The fraction of sp³-hybridized carbons (Fsp3) is 1.00. The van der Waals surface area contributed by atoms with Crippen molar-refractivity contribution >= 4 is 0 Å². The van der Waals surface area contributed by atoms with Crippen molar-refractivity contribution in [2.24, 2.45) is 0 Å². The van der Waals surface area contributed by atoms with Crippen molar-refractivity contribution in [1.82, 2.24) is 4.90 Å². The summed E-state index contributed by atoms with van der Waals surface area (Å²) in [6, 6.07) is 0.805. The standard InChI is InChI=1S/C24H51NO/c1-4-7-10-16-21-25(22-17-11-8-5-2)24(19-14-9-6-3)20-15-12-13-18-23-26/h24,26H,4-23H2,1-3H3. The Bertz CT molecular complexity index is 245. The van der Waals surface area contributed by atoms with Gasteiger partial charge in [0.05, 0.1) is 0 Å². The molecule has 0 amide bonds. The van der Waals surface area contributed by atoms with E-state index in [9.17, 15) is 0 Å². The van der Waals surface area contributed by atoms with Gasteiger partial charge in [0, 0.05) is 12.6 Å². The van der Waals surface area contributed by atoms with E-state index < -0.39 is 0 Å². The molecule has 0 aliphatic heterocycles. The van der Waals surface area contributed by atoms with Gasteiger partial charge in [0.25, 0.3) is 0 Å². The molecule has 0 saturated carbocycles. The second-order valence-electron chi connectivity index (χ2n) is 8.23. The van der Waals surface area contributed by atoms with Crippen molar-refractivity contribution in [3.63, 3.8) is 0 Å². The highest BCUT2D eigenvalue weighted by atomic mass is 16.2. The van der Waals surface area contributed by atoms with Crippen LogP contribution in [0.3, 0.4) is 0 Å². The summed E-state index contributed by atoms with van der Waals surface area (Å²) in [6.45, 7) is 9.93. The monoisotopic (exact) mass is 369 g/mol. The van der Waals surface area contributed by atoms with Crippen LogP contribution < -0.4 is 0 Å². The number of hydrogen-bond donors (Lipinski definition) is 1. The smallest absolute Gasteiger partial charge is 0.0431 e. The summed E-state index contributed by atoms with van der Waals surface area (Å²) >= 11 is 0. The Labute approximate surface area is 166 Å². The van der Waals surface area contributed by atoms with E-state index in [0.717, 1.165) is 12.5 Å². The molecule has 2 nitrogen and oxygen atoms in total. The average molecular weight is 370 g/mol. The largest absolute Gasteiger partial charge is 0.396 e. The Kier molecular flexibility index (Phi) is 21.2. The van der Waals surface area contributed by atoms with Gasteiger partial charge in [-0.1, -0.05) is 97.8 Å². The third-order valence-electron chi connectivity index (χ3n) is 5.70. The lowest BCUT2D eigenvalue weighted by molar-refractivity contribution is 0.163.